The van der Waals surface area contributed by atoms with E-state index < -0.39 is 6.04 Å². The molecule has 0 aliphatic heterocycles. The molecule has 0 saturated heterocycles. The number of furan rings is 1. The van der Waals surface area contributed by atoms with Gasteiger partial charge in [-0.3, -0.25) is 9.59 Å². The van der Waals surface area contributed by atoms with E-state index in [0.717, 1.165) is 10.7 Å². The van der Waals surface area contributed by atoms with Crippen molar-refractivity contribution in [2.75, 3.05) is 0 Å². The smallest absolute Gasteiger partial charge is 0.244 e. The summed E-state index contributed by atoms with van der Waals surface area (Å²) >= 11 is 1.51. The number of nitrogens with one attached hydrogen (secondary N) is 2. The second-order valence-corrected chi connectivity index (χ2v) is 5.71. The van der Waals surface area contributed by atoms with E-state index in [-0.39, 0.29) is 11.8 Å². The highest BCUT2D eigenvalue weighted by Gasteiger charge is 2.14. The van der Waals surface area contributed by atoms with Gasteiger partial charge in [0.1, 0.15) is 11.8 Å². The molecule has 0 aromatic carbocycles. The van der Waals surface area contributed by atoms with E-state index in [4.69, 9.17) is 4.42 Å². The Hall–Kier alpha value is -2.41. The van der Waals surface area contributed by atoms with E-state index in [0.29, 0.717) is 12.3 Å². The van der Waals surface area contributed by atoms with Gasteiger partial charge >= 0.3 is 0 Å². The van der Waals surface area contributed by atoms with E-state index in [1.807, 2.05) is 12.3 Å². The topological polar surface area (TPSA) is 84.2 Å². The Bertz CT molecular complexity index is 661. The molecule has 1 unspecified atom stereocenters. The van der Waals surface area contributed by atoms with Gasteiger partial charge in [-0.25, -0.2) is 4.98 Å². The Morgan fingerprint density at radius 2 is 2.32 bits per heavy atom. The first-order chi connectivity index (χ1) is 10.5. The first-order valence-corrected chi connectivity index (χ1v) is 7.63. The van der Waals surface area contributed by atoms with Gasteiger partial charge in [-0.2, -0.15) is 0 Å². The Morgan fingerprint density at radius 1 is 1.50 bits per heavy atom. The van der Waals surface area contributed by atoms with Gasteiger partial charge in [-0.05, 0) is 32.1 Å². The fraction of sp³-hybridized carbons (Fsp3) is 0.267. The molecule has 2 heterocycles. The predicted molar refractivity (Wildman–Crippen MR) is 84.0 cm³/mol. The number of aryl methyl sites for hydroxylation is 1. The summed E-state index contributed by atoms with van der Waals surface area (Å²) in [4.78, 5) is 27.8. The van der Waals surface area contributed by atoms with Gasteiger partial charge in [0.15, 0.2) is 0 Å². The molecule has 6 nitrogen and oxygen atoms in total. The number of thiazole rings is 1. The summed E-state index contributed by atoms with van der Waals surface area (Å²) in [5, 5.41) is 8.07. The number of rotatable bonds is 6. The van der Waals surface area contributed by atoms with Gasteiger partial charge in [0.2, 0.25) is 11.8 Å². The summed E-state index contributed by atoms with van der Waals surface area (Å²) in [6.45, 7) is 3.81. The number of carbonyl (C=O) groups is 2. The van der Waals surface area contributed by atoms with Crippen LogP contribution in [0.3, 0.4) is 0 Å². The number of hydrogen-bond donors (Lipinski definition) is 2. The standard InChI is InChI=1S/C15H17N3O3S/c1-10(15(20)16-8-13-4-3-7-21-13)17-14(19)6-5-12-9-22-11(2)18-12/h3-7,9-10H,8H2,1-2H3,(H,16,20)(H,17,19). The Labute approximate surface area is 132 Å². The van der Waals surface area contributed by atoms with Crippen LogP contribution in [0.25, 0.3) is 6.08 Å². The van der Waals surface area contributed by atoms with Gasteiger partial charge in [0.05, 0.1) is 23.5 Å². The fourth-order valence-corrected chi connectivity index (χ4v) is 2.27. The van der Waals surface area contributed by atoms with Gasteiger partial charge in [0.25, 0.3) is 0 Å². The highest BCUT2D eigenvalue weighted by Crippen LogP contribution is 2.08. The first kappa shape index (κ1) is 16.0. The zero-order valence-electron chi connectivity index (χ0n) is 12.3. The third kappa shape index (κ3) is 4.85. The zero-order chi connectivity index (χ0) is 15.9. The van der Waals surface area contributed by atoms with Crippen molar-refractivity contribution < 1.29 is 14.0 Å². The summed E-state index contributed by atoms with van der Waals surface area (Å²) in [6.07, 6.45) is 4.52. The summed E-state index contributed by atoms with van der Waals surface area (Å²) in [6, 6.07) is 2.88. The van der Waals surface area contributed by atoms with Crippen LogP contribution in [0.5, 0.6) is 0 Å². The van der Waals surface area contributed by atoms with Crippen molar-refractivity contribution in [1.29, 1.82) is 0 Å². The monoisotopic (exact) mass is 319 g/mol. The summed E-state index contributed by atoms with van der Waals surface area (Å²) in [7, 11) is 0. The zero-order valence-corrected chi connectivity index (χ0v) is 13.1. The van der Waals surface area contributed by atoms with E-state index in [9.17, 15) is 9.59 Å². The quantitative estimate of drug-likeness (QED) is 0.796. The molecule has 0 spiro atoms. The van der Waals surface area contributed by atoms with Gasteiger partial charge in [-0.1, -0.05) is 0 Å². The number of nitrogens with zero attached hydrogens (tertiary/aromatic N) is 1. The van der Waals surface area contributed by atoms with Crippen LogP contribution in [0.1, 0.15) is 23.4 Å². The molecular formula is C15H17N3O3S. The third-order valence-electron chi connectivity index (χ3n) is 2.81. The van der Waals surface area contributed by atoms with Gasteiger partial charge in [-0.15, -0.1) is 11.3 Å². The van der Waals surface area contributed by atoms with Crippen LogP contribution in [-0.2, 0) is 16.1 Å². The van der Waals surface area contributed by atoms with Crippen molar-refractivity contribution in [3.8, 4) is 0 Å². The molecule has 0 aliphatic rings. The van der Waals surface area contributed by atoms with Crippen molar-refractivity contribution in [2.24, 2.45) is 0 Å². The first-order valence-electron chi connectivity index (χ1n) is 6.75. The summed E-state index contributed by atoms with van der Waals surface area (Å²) in [5.41, 5.74) is 0.729. The fourth-order valence-electron chi connectivity index (χ4n) is 1.69. The van der Waals surface area contributed by atoms with Gasteiger partial charge < -0.3 is 15.1 Å². The van der Waals surface area contributed by atoms with Crippen molar-refractivity contribution >= 4 is 29.2 Å². The predicted octanol–water partition coefficient (Wildman–Crippen LogP) is 1.88. The number of amides is 2. The molecule has 22 heavy (non-hydrogen) atoms. The molecule has 0 radical (unpaired) electrons. The van der Waals surface area contributed by atoms with Crippen molar-refractivity contribution in [1.82, 2.24) is 15.6 Å². The van der Waals surface area contributed by atoms with Crippen LogP contribution in [0.15, 0.2) is 34.3 Å². The molecule has 116 valence electrons. The van der Waals surface area contributed by atoms with E-state index in [2.05, 4.69) is 15.6 Å². The lowest BCUT2D eigenvalue weighted by atomic mass is 10.3. The molecule has 2 aromatic heterocycles. The number of carbonyl (C=O) groups excluding carboxylic acids is 2. The molecule has 2 rings (SSSR count). The highest BCUT2D eigenvalue weighted by atomic mass is 32.1. The number of aromatic nitrogens is 1. The van der Waals surface area contributed by atoms with Crippen LogP contribution in [0.2, 0.25) is 0 Å². The van der Waals surface area contributed by atoms with Crippen molar-refractivity contribution in [3.05, 3.63) is 46.3 Å². The summed E-state index contributed by atoms with van der Waals surface area (Å²) < 4.78 is 5.12. The lowest BCUT2D eigenvalue weighted by Gasteiger charge is -2.12. The molecule has 0 bridgehead atoms. The molecule has 0 fully saturated rings. The van der Waals surface area contributed by atoms with E-state index >= 15 is 0 Å². The molecule has 7 heteroatoms. The highest BCUT2D eigenvalue weighted by molar-refractivity contribution is 7.09. The third-order valence-corrected chi connectivity index (χ3v) is 3.60. The largest absolute Gasteiger partial charge is 0.467 e. The maximum atomic E-state index is 11.8. The normalized spacial score (nSPS) is 12.3. The number of hydrogen-bond acceptors (Lipinski definition) is 5. The average Bonchev–Trinajstić information content (AvgIpc) is 3.14. The molecule has 0 aliphatic carbocycles. The second-order valence-electron chi connectivity index (χ2n) is 4.65. The van der Waals surface area contributed by atoms with Crippen LogP contribution >= 0.6 is 11.3 Å². The average molecular weight is 319 g/mol. The molecule has 1 atom stereocenters. The molecule has 2 N–H and O–H groups in total. The maximum Gasteiger partial charge on any atom is 0.244 e. The van der Waals surface area contributed by atoms with E-state index in [1.165, 1.54) is 23.7 Å². The lowest BCUT2D eigenvalue weighted by molar-refractivity contribution is -0.126. The van der Waals surface area contributed by atoms with Crippen molar-refractivity contribution in [3.63, 3.8) is 0 Å². The molecule has 2 aromatic rings. The minimum absolute atomic E-state index is 0.275. The molecular weight excluding hydrogens is 302 g/mol. The Balaban J connectivity index is 1.77. The molecule has 2 amide bonds. The van der Waals surface area contributed by atoms with Gasteiger partial charge in [0, 0.05) is 11.5 Å². The second kappa shape index (κ2) is 7.56. The Morgan fingerprint density at radius 3 is 2.95 bits per heavy atom. The lowest BCUT2D eigenvalue weighted by Crippen LogP contribution is -2.44. The van der Waals surface area contributed by atoms with Crippen LogP contribution in [-0.4, -0.2) is 22.8 Å². The molecule has 0 saturated carbocycles. The SMILES string of the molecule is Cc1nc(C=CC(=O)NC(C)C(=O)NCc2ccco2)cs1. The Kier molecular flexibility index (Phi) is 5.48. The van der Waals surface area contributed by atoms with Crippen LogP contribution in [0.4, 0.5) is 0 Å². The van der Waals surface area contributed by atoms with E-state index in [1.54, 1.807) is 25.1 Å². The summed E-state index contributed by atoms with van der Waals surface area (Å²) in [5.74, 6) is 0.0413. The maximum absolute atomic E-state index is 11.8. The van der Waals surface area contributed by atoms with Crippen molar-refractivity contribution in [2.45, 2.75) is 26.4 Å². The minimum atomic E-state index is -0.635. The van der Waals surface area contributed by atoms with Crippen LogP contribution < -0.4 is 10.6 Å². The van der Waals surface area contributed by atoms with Crippen LogP contribution in [0, 0.1) is 6.92 Å². The minimum Gasteiger partial charge on any atom is -0.467 e.